The van der Waals surface area contributed by atoms with Crippen LogP contribution in [0.15, 0.2) is 52.6 Å². The fourth-order valence-electron chi connectivity index (χ4n) is 1.92. The minimum absolute atomic E-state index is 0.153. The van der Waals surface area contributed by atoms with Gasteiger partial charge in [-0.1, -0.05) is 17.7 Å². The summed E-state index contributed by atoms with van der Waals surface area (Å²) in [6, 6.07) is 9.21. The molecule has 1 saturated heterocycles. The Balaban J connectivity index is 1.87. The normalized spacial score (nSPS) is 18.0. The minimum atomic E-state index is -0.153. The van der Waals surface area contributed by atoms with Gasteiger partial charge in [0.05, 0.1) is 10.6 Å². The smallest absolute Gasteiger partial charge is 0.264 e. The number of carbonyl (C=O) groups is 1. The first-order valence-electron chi connectivity index (χ1n) is 6.58. The van der Waals surface area contributed by atoms with Crippen LogP contribution in [0.1, 0.15) is 11.1 Å². The number of hydrogen-bond donors (Lipinski definition) is 1. The molecule has 3 rings (SSSR count). The Morgan fingerprint density at radius 3 is 2.82 bits per heavy atom. The molecule has 0 bridgehead atoms. The molecule has 0 spiro atoms. The standard InChI is InChI=1S/C16H12ClN3OS/c1-10-12(17)3-2-4-13(10)19-16-20-15(21)14(22-16)9-11-5-7-18-8-6-11/h2-9H,1H3,(H,19,20,21)/b14-9-. The summed E-state index contributed by atoms with van der Waals surface area (Å²) in [6.45, 7) is 1.90. The van der Waals surface area contributed by atoms with Gasteiger partial charge in [-0.3, -0.25) is 9.78 Å². The predicted octanol–water partition coefficient (Wildman–Crippen LogP) is 3.94. The highest BCUT2D eigenvalue weighted by Crippen LogP contribution is 2.30. The third-order valence-corrected chi connectivity index (χ3v) is 4.44. The number of thioether (sulfide) groups is 1. The number of carbonyl (C=O) groups excluding carboxylic acids is 1. The summed E-state index contributed by atoms with van der Waals surface area (Å²) in [4.78, 5) is 21.0. The third-order valence-electron chi connectivity index (χ3n) is 3.12. The van der Waals surface area contributed by atoms with Gasteiger partial charge >= 0.3 is 0 Å². The molecule has 1 N–H and O–H groups in total. The van der Waals surface area contributed by atoms with E-state index >= 15 is 0 Å². The van der Waals surface area contributed by atoms with Crippen LogP contribution >= 0.6 is 23.4 Å². The molecule has 0 aliphatic carbocycles. The van der Waals surface area contributed by atoms with Crippen LogP contribution in [-0.4, -0.2) is 16.1 Å². The number of amides is 1. The molecule has 6 heteroatoms. The molecular formula is C16H12ClN3OS. The van der Waals surface area contributed by atoms with Crippen molar-refractivity contribution in [2.45, 2.75) is 6.92 Å². The molecule has 1 aliphatic rings. The number of pyridine rings is 1. The highest BCUT2D eigenvalue weighted by Gasteiger charge is 2.23. The second kappa shape index (κ2) is 6.34. The molecule has 1 fully saturated rings. The highest BCUT2D eigenvalue weighted by molar-refractivity contribution is 8.18. The first kappa shape index (κ1) is 14.8. The van der Waals surface area contributed by atoms with E-state index in [0.717, 1.165) is 16.8 Å². The average Bonchev–Trinajstić information content (AvgIpc) is 2.85. The molecular weight excluding hydrogens is 318 g/mol. The molecule has 1 amide bonds. The molecule has 4 nitrogen and oxygen atoms in total. The average molecular weight is 330 g/mol. The number of halogens is 1. The van der Waals surface area contributed by atoms with Crippen molar-refractivity contribution in [3.8, 4) is 0 Å². The van der Waals surface area contributed by atoms with E-state index in [1.54, 1.807) is 12.4 Å². The molecule has 0 atom stereocenters. The Hall–Kier alpha value is -2.11. The lowest BCUT2D eigenvalue weighted by molar-refractivity contribution is -0.115. The summed E-state index contributed by atoms with van der Waals surface area (Å²) in [6.07, 6.45) is 5.19. The molecule has 2 heterocycles. The van der Waals surface area contributed by atoms with Crippen LogP contribution in [0.2, 0.25) is 5.02 Å². The number of hydrogen-bond acceptors (Lipinski definition) is 4. The second-order valence-electron chi connectivity index (χ2n) is 4.65. The van der Waals surface area contributed by atoms with Crippen LogP contribution in [0.5, 0.6) is 0 Å². The van der Waals surface area contributed by atoms with Crippen molar-refractivity contribution in [2.24, 2.45) is 4.99 Å². The number of rotatable bonds is 2. The van der Waals surface area contributed by atoms with Gasteiger partial charge in [0.1, 0.15) is 0 Å². The van der Waals surface area contributed by atoms with E-state index in [2.05, 4.69) is 15.3 Å². The van der Waals surface area contributed by atoms with Crippen LogP contribution < -0.4 is 5.32 Å². The Bertz CT molecular complexity index is 787. The number of nitrogens with zero attached hydrogens (tertiary/aromatic N) is 2. The van der Waals surface area contributed by atoms with Gasteiger partial charge < -0.3 is 5.32 Å². The summed E-state index contributed by atoms with van der Waals surface area (Å²) in [5.41, 5.74) is 2.56. The van der Waals surface area contributed by atoms with Gasteiger partial charge in [0, 0.05) is 17.4 Å². The number of aromatic nitrogens is 1. The van der Waals surface area contributed by atoms with Gasteiger partial charge in [-0.2, -0.15) is 0 Å². The van der Waals surface area contributed by atoms with E-state index in [-0.39, 0.29) is 5.91 Å². The highest BCUT2D eigenvalue weighted by atomic mass is 35.5. The van der Waals surface area contributed by atoms with E-state index in [0.29, 0.717) is 15.1 Å². The van der Waals surface area contributed by atoms with Gasteiger partial charge in [0.15, 0.2) is 5.17 Å². The van der Waals surface area contributed by atoms with E-state index in [1.807, 2.05) is 43.3 Å². The van der Waals surface area contributed by atoms with Gasteiger partial charge in [-0.25, -0.2) is 4.99 Å². The summed E-state index contributed by atoms with van der Waals surface area (Å²) in [5, 5.41) is 3.97. The maximum Gasteiger partial charge on any atom is 0.264 e. The van der Waals surface area contributed by atoms with Crippen molar-refractivity contribution in [1.29, 1.82) is 0 Å². The van der Waals surface area contributed by atoms with E-state index in [4.69, 9.17) is 11.6 Å². The van der Waals surface area contributed by atoms with Gasteiger partial charge in [-0.15, -0.1) is 0 Å². The molecule has 0 unspecified atom stereocenters. The first-order chi connectivity index (χ1) is 10.6. The quantitative estimate of drug-likeness (QED) is 0.849. The van der Waals surface area contributed by atoms with Crippen molar-refractivity contribution in [2.75, 3.05) is 0 Å². The van der Waals surface area contributed by atoms with Crippen LogP contribution in [0.25, 0.3) is 6.08 Å². The van der Waals surface area contributed by atoms with Crippen LogP contribution in [0.4, 0.5) is 5.69 Å². The largest absolute Gasteiger partial charge is 0.300 e. The monoisotopic (exact) mass is 329 g/mol. The van der Waals surface area contributed by atoms with Gasteiger partial charge in [0.25, 0.3) is 5.91 Å². The van der Waals surface area contributed by atoms with Crippen molar-refractivity contribution in [3.63, 3.8) is 0 Å². The predicted molar refractivity (Wildman–Crippen MR) is 91.2 cm³/mol. The van der Waals surface area contributed by atoms with Gasteiger partial charge in [0.2, 0.25) is 0 Å². The van der Waals surface area contributed by atoms with E-state index < -0.39 is 0 Å². The van der Waals surface area contributed by atoms with E-state index in [1.165, 1.54) is 11.8 Å². The number of aliphatic imine (C=N–C) groups is 1. The maximum atomic E-state index is 12.0. The second-order valence-corrected chi connectivity index (χ2v) is 6.08. The van der Waals surface area contributed by atoms with E-state index in [9.17, 15) is 4.79 Å². The maximum absolute atomic E-state index is 12.0. The lowest BCUT2D eigenvalue weighted by Crippen LogP contribution is -2.19. The van der Waals surface area contributed by atoms with Crippen molar-refractivity contribution in [3.05, 3.63) is 63.8 Å². The Morgan fingerprint density at radius 2 is 2.05 bits per heavy atom. The fraction of sp³-hybridized carbons (Fsp3) is 0.0625. The SMILES string of the molecule is Cc1c(Cl)cccc1N=C1NC(=O)/C(=C/c2ccncc2)S1. The molecule has 1 aromatic carbocycles. The number of nitrogens with one attached hydrogen (secondary N) is 1. The zero-order valence-electron chi connectivity index (χ0n) is 11.7. The molecule has 22 heavy (non-hydrogen) atoms. The van der Waals surface area contributed by atoms with Crippen LogP contribution in [0.3, 0.4) is 0 Å². The summed E-state index contributed by atoms with van der Waals surface area (Å²) < 4.78 is 0. The van der Waals surface area contributed by atoms with Crippen LogP contribution in [0, 0.1) is 6.92 Å². The third kappa shape index (κ3) is 3.21. The lowest BCUT2D eigenvalue weighted by Gasteiger charge is -2.02. The molecule has 1 aliphatic heterocycles. The summed E-state index contributed by atoms with van der Waals surface area (Å²) in [5.74, 6) is -0.153. The Kier molecular flexibility index (Phi) is 4.27. The summed E-state index contributed by atoms with van der Waals surface area (Å²) >= 11 is 7.39. The van der Waals surface area contributed by atoms with Crippen molar-refractivity contribution >= 4 is 46.2 Å². The molecule has 0 saturated carbocycles. The molecule has 110 valence electrons. The van der Waals surface area contributed by atoms with Crippen molar-refractivity contribution in [1.82, 2.24) is 10.3 Å². The van der Waals surface area contributed by atoms with Crippen LogP contribution in [-0.2, 0) is 4.79 Å². The van der Waals surface area contributed by atoms with Gasteiger partial charge in [-0.05, 0) is 60.2 Å². The Labute approximate surface area is 137 Å². The molecule has 2 aromatic rings. The zero-order chi connectivity index (χ0) is 15.5. The lowest BCUT2D eigenvalue weighted by atomic mass is 10.2. The fourth-order valence-corrected chi connectivity index (χ4v) is 2.92. The number of benzene rings is 1. The molecule has 0 radical (unpaired) electrons. The van der Waals surface area contributed by atoms with Crippen molar-refractivity contribution < 1.29 is 4.79 Å². The topological polar surface area (TPSA) is 54.4 Å². The first-order valence-corrected chi connectivity index (χ1v) is 7.77. The molecule has 1 aromatic heterocycles. The Morgan fingerprint density at radius 1 is 1.27 bits per heavy atom. The summed E-state index contributed by atoms with van der Waals surface area (Å²) in [7, 11) is 0. The number of amidine groups is 1. The zero-order valence-corrected chi connectivity index (χ0v) is 13.3. The minimum Gasteiger partial charge on any atom is -0.300 e.